The van der Waals surface area contributed by atoms with E-state index in [0.717, 1.165) is 16.9 Å². The highest BCUT2D eigenvalue weighted by Crippen LogP contribution is 2.29. The zero-order valence-electron chi connectivity index (χ0n) is 14.8. The Bertz CT molecular complexity index is 709. The molecule has 0 spiro atoms. The van der Waals surface area contributed by atoms with Gasteiger partial charge in [0, 0.05) is 39.6 Å². The van der Waals surface area contributed by atoms with Crippen molar-refractivity contribution in [1.29, 1.82) is 0 Å². The van der Waals surface area contributed by atoms with E-state index < -0.39 is 12.1 Å². The smallest absolute Gasteiger partial charge is 0.338 e. The minimum atomic E-state index is -0.897. The number of anilines is 2. The van der Waals surface area contributed by atoms with Crippen molar-refractivity contribution in [2.45, 2.75) is 6.10 Å². The number of rotatable bonds is 5. The number of carbonyl (C=O) groups excluding carboxylic acids is 1. The third-order valence-corrected chi connectivity index (χ3v) is 3.98. The van der Waals surface area contributed by atoms with Crippen LogP contribution in [0, 0.1) is 0 Å². The molecule has 5 heteroatoms. The van der Waals surface area contributed by atoms with Gasteiger partial charge in [0.2, 0.25) is 0 Å². The van der Waals surface area contributed by atoms with Crippen LogP contribution in [0.5, 0.6) is 0 Å². The van der Waals surface area contributed by atoms with E-state index in [9.17, 15) is 9.90 Å². The third kappa shape index (κ3) is 3.68. The lowest BCUT2D eigenvalue weighted by Gasteiger charge is -2.20. The Labute approximate surface area is 143 Å². The van der Waals surface area contributed by atoms with Crippen LogP contribution in [-0.4, -0.2) is 46.4 Å². The second-order valence-corrected chi connectivity index (χ2v) is 6.05. The highest BCUT2D eigenvalue weighted by atomic mass is 16.5. The summed E-state index contributed by atoms with van der Waals surface area (Å²) in [6.45, 7) is 0. The average Bonchev–Trinajstić information content (AvgIpc) is 2.59. The first kappa shape index (κ1) is 17.8. The van der Waals surface area contributed by atoms with Gasteiger partial charge in [-0.25, -0.2) is 4.79 Å². The predicted octanol–water partition coefficient (Wildman–Crippen LogP) is 2.69. The molecule has 0 bridgehead atoms. The maximum absolute atomic E-state index is 12.1. The van der Waals surface area contributed by atoms with Crippen LogP contribution in [0.1, 0.15) is 27.6 Å². The van der Waals surface area contributed by atoms with Gasteiger partial charge in [-0.1, -0.05) is 18.2 Å². The molecular weight excluding hydrogens is 304 g/mol. The maximum Gasteiger partial charge on any atom is 0.338 e. The highest BCUT2D eigenvalue weighted by molar-refractivity contribution is 5.92. The van der Waals surface area contributed by atoms with Crippen LogP contribution in [0.3, 0.4) is 0 Å². The third-order valence-electron chi connectivity index (χ3n) is 3.98. The summed E-state index contributed by atoms with van der Waals surface area (Å²) in [6.07, 6.45) is -0.897. The van der Waals surface area contributed by atoms with Crippen molar-refractivity contribution in [3.63, 3.8) is 0 Å². The Morgan fingerprint density at radius 3 is 2.00 bits per heavy atom. The van der Waals surface area contributed by atoms with E-state index in [2.05, 4.69) is 0 Å². The molecule has 2 rings (SSSR count). The molecule has 0 aliphatic rings. The average molecular weight is 328 g/mol. The Hall–Kier alpha value is -2.53. The molecule has 2 aromatic carbocycles. The summed E-state index contributed by atoms with van der Waals surface area (Å²) in [5.74, 6) is -0.460. The molecule has 0 aromatic heterocycles. The van der Waals surface area contributed by atoms with Crippen LogP contribution in [0.4, 0.5) is 11.4 Å². The molecule has 2 aromatic rings. The predicted molar refractivity (Wildman–Crippen MR) is 96.9 cm³/mol. The summed E-state index contributed by atoms with van der Waals surface area (Å²) >= 11 is 0. The summed E-state index contributed by atoms with van der Waals surface area (Å²) in [5.41, 5.74) is 3.54. The monoisotopic (exact) mass is 328 g/mol. The first-order valence-electron chi connectivity index (χ1n) is 7.70. The molecule has 0 aliphatic carbocycles. The molecule has 0 aliphatic heterocycles. The summed E-state index contributed by atoms with van der Waals surface area (Å²) in [6, 6.07) is 13.0. The van der Waals surface area contributed by atoms with Gasteiger partial charge in [-0.3, -0.25) is 0 Å². The molecular formula is C19H24N2O3. The van der Waals surface area contributed by atoms with Crippen molar-refractivity contribution >= 4 is 17.3 Å². The topological polar surface area (TPSA) is 53.0 Å². The standard InChI is InChI=1S/C19H24N2O3/c1-20(2)14-8-6-13(7-9-14)18(22)16-11-10-15(21(3)4)12-17(16)19(23)24-5/h6-12,18,22H,1-5H3. The van der Waals surface area contributed by atoms with E-state index >= 15 is 0 Å². The van der Waals surface area contributed by atoms with Crippen LogP contribution in [0.25, 0.3) is 0 Å². The minimum Gasteiger partial charge on any atom is -0.465 e. The summed E-state index contributed by atoms with van der Waals surface area (Å²) in [7, 11) is 9.05. The van der Waals surface area contributed by atoms with Crippen molar-refractivity contribution in [2.75, 3.05) is 45.1 Å². The van der Waals surface area contributed by atoms with Crippen molar-refractivity contribution in [2.24, 2.45) is 0 Å². The molecule has 0 amide bonds. The van der Waals surface area contributed by atoms with E-state index in [4.69, 9.17) is 4.74 Å². The SMILES string of the molecule is COC(=O)c1cc(N(C)C)ccc1C(O)c1ccc(N(C)C)cc1. The highest BCUT2D eigenvalue weighted by Gasteiger charge is 2.20. The number of carbonyl (C=O) groups is 1. The lowest BCUT2D eigenvalue weighted by Crippen LogP contribution is -2.14. The fraction of sp³-hybridized carbons (Fsp3) is 0.316. The molecule has 1 N–H and O–H groups in total. The second kappa shape index (κ2) is 7.36. The number of hydrogen-bond donors (Lipinski definition) is 1. The lowest BCUT2D eigenvalue weighted by molar-refractivity contribution is 0.0595. The van der Waals surface area contributed by atoms with Gasteiger partial charge in [0.15, 0.2) is 0 Å². The van der Waals surface area contributed by atoms with Gasteiger partial charge in [0.05, 0.1) is 12.7 Å². The van der Waals surface area contributed by atoms with Gasteiger partial charge >= 0.3 is 5.97 Å². The van der Waals surface area contributed by atoms with Crippen molar-refractivity contribution in [1.82, 2.24) is 0 Å². The number of aliphatic hydroxyl groups is 1. The van der Waals surface area contributed by atoms with Gasteiger partial charge in [-0.2, -0.15) is 0 Å². The summed E-state index contributed by atoms with van der Waals surface area (Å²) in [4.78, 5) is 16.0. The van der Waals surface area contributed by atoms with Crippen LogP contribution >= 0.6 is 0 Å². The van der Waals surface area contributed by atoms with Gasteiger partial charge in [0.25, 0.3) is 0 Å². The second-order valence-electron chi connectivity index (χ2n) is 6.05. The van der Waals surface area contributed by atoms with Gasteiger partial charge in [-0.05, 0) is 35.4 Å². The molecule has 0 heterocycles. The Morgan fingerprint density at radius 2 is 1.50 bits per heavy atom. The lowest BCUT2D eigenvalue weighted by atomic mass is 9.96. The number of aliphatic hydroxyl groups excluding tert-OH is 1. The van der Waals surface area contributed by atoms with E-state index in [1.807, 2.05) is 68.3 Å². The van der Waals surface area contributed by atoms with Crippen LogP contribution < -0.4 is 9.80 Å². The number of esters is 1. The normalized spacial score (nSPS) is 11.8. The van der Waals surface area contributed by atoms with Crippen LogP contribution in [-0.2, 0) is 4.74 Å². The Kier molecular flexibility index (Phi) is 5.46. The maximum atomic E-state index is 12.1. The van der Waals surface area contributed by atoms with Crippen molar-refractivity contribution in [3.05, 3.63) is 59.2 Å². The molecule has 0 saturated carbocycles. The number of benzene rings is 2. The van der Waals surface area contributed by atoms with E-state index in [1.54, 1.807) is 12.1 Å². The molecule has 128 valence electrons. The molecule has 5 nitrogen and oxygen atoms in total. The number of methoxy groups -OCH3 is 1. The largest absolute Gasteiger partial charge is 0.465 e. The summed E-state index contributed by atoms with van der Waals surface area (Å²) in [5, 5.41) is 10.7. The number of nitrogens with zero attached hydrogens (tertiary/aromatic N) is 2. The van der Waals surface area contributed by atoms with Crippen molar-refractivity contribution in [3.8, 4) is 0 Å². The molecule has 24 heavy (non-hydrogen) atoms. The molecule has 0 radical (unpaired) electrons. The summed E-state index contributed by atoms with van der Waals surface area (Å²) < 4.78 is 4.87. The van der Waals surface area contributed by atoms with Crippen LogP contribution in [0.2, 0.25) is 0 Å². The zero-order valence-corrected chi connectivity index (χ0v) is 14.8. The first-order valence-corrected chi connectivity index (χ1v) is 7.70. The van der Waals surface area contributed by atoms with Gasteiger partial charge < -0.3 is 19.6 Å². The molecule has 0 fully saturated rings. The molecule has 0 saturated heterocycles. The van der Waals surface area contributed by atoms with E-state index in [1.165, 1.54) is 7.11 Å². The van der Waals surface area contributed by atoms with E-state index in [0.29, 0.717) is 11.1 Å². The quantitative estimate of drug-likeness (QED) is 0.855. The number of hydrogen-bond acceptors (Lipinski definition) is 5. The van der Waals surface area contributed by atoms with Gasteiger partial charge in [-0.15, -0.1) is 0 Å². The minimum absolute atomic E-state index is 0.368. The van der Waals surface area contributed by atoms with E-state index in [-0.39, 0.29) is 0 Å². The van der Waals surface area contributed by atoms with Crippen molar-refractivity contribution < 1.29 is 14.6 Å². The molecule has 1 atom stereocenters. The van der Waals surface area contributed by atoms with Crippen LogP contribution in [0.15, 0.2) is 42.5 Å². The number of ether oxygens (including phenoxy) is 1. The Morgan fingerprint density at radius 1 is 0.958 bits per heavy atom. The Balaban J connectivity index is 2.44. The zero-order chi connectivity index (χ0) is 17.9. The molecule has 1 unspecified atom stereocenters. The first-order chi connectivity index (χ1) is 11.3. The fourth-order valence-corrected chi connectivity index (χ4v) is 2.48. The van der Waals surface area contributed by atoms with Gasteiger partial charge in [0.1, 0.15) is 6.10 Å². The fourth-order valence-electron chi connectivity index (χ4n) is 2.48.